The van der Waals surface area contributed by atoms with Crippen molar-refractivity contribution >= 4 is 16.7 Å². The normalized spacial score (nSPS) is 12.3. The van der Waals surface area contributed by atoms with Crippen molar-refractivity contribution in [2.45, 2.75) is 63.5 Å². The van der Waals surface area contributed by atoms with Gasteiger partial charge in [-0.15, -0.1) is 0 Å². The summed E-state index contributed by atoms with van der Waals surface area (Å²) in [6, 6.07) is 11.0. The van der Waals surface area contributed by atoms with Crippen molar-refractivity contribution in [3.8, 4) is 0 Å². The summed E-state index contributed by atoms with van der Waals surface area (Å²) in [5, 5.41) is 2.94. The van der Waals surface area contributed by atoms with Gasteiger partial charge in [0.1, 0.15) is 5.76 Å². The monoisotopic (exact) mass is 432 g/mol. The van der Waals surface area contributed by atoms with Crippen molar-refractivity contribution in [3.63, 3.8) is 0 Å². The van der Waals surface area contributed by atoms with Crippen LogP contribution in [0.1, 0.15) is 67.8 Å². The lowest BCUT2D eigenvalue weighted by Gasteiger charge is -2.21. The second-order valence-corrected chi connectivity index (χ2v) is 9.18. The van der Waals surface area contributed by atoms with Gasteiger partial charge in [-0.25, -0.2) is 0 Å². The fourth-order valence-corrected chi connectivity index (χ4v) is 4.37. The van der Waals surface area contributed by atoms with Crippen molar-refractivity contribution in [3.05, 3.63) is 53.5 Å². The number of unbranched alkanes of at least 4 members (excludes halogenated alkanes) is 2. The van der Waals surface area contributed by atoms with E-state index in [1.54, 1.807) is 12.1 Å². The van der Waals surface area contributed by atoms with Crippen LogP contribution >= 0.6 is 0 Å². The molecule has 0 saturated heterocycles. The maximum Gasteiger partial charge on any atom is 0.286 e. The molecule has 0 spiro atoms. The molecule has 1 aromatic carbocycles. The first kappa shape index (κ1) is 24.4. The van der Waals surface area contributed by atoms with E-state index < -0.39 is 10.8 Å². The predicted octanol–water partition coefficient (Wildman–Crippen LogP) is 4.92. The molecule has 0 aliphatic carbocycles. The van der Waals surface area contributed by atoms with Crippen molar-refractivity contribution in [2.75, 3.05) is 26.2 Å². The van der Waals surface area contributed by atoms with Gasteiger partial charge in [-0.1, -0.05) is 38.8 Å². The van der Waals surface area contributed by atoms with E-state index in [2.05, 4.69) is 24.1 Å². The second-order valence-electron chi connectivity index (χ2n) is 7.73. The molecule has 1 amide bonds. The molecule has 0 fully saturated rings. The number of furan rings is 1. The van der Waals surface area contributed by atoms with Gasteiger partial charge in [0, 0.05) is 11.4 Å². The number of nitrogens with zero attached hydrogens (tertiary/aromatic N) is 1. The minimum Gasteiger partial charge on any atom is -0.455 e. The molecule has 0 radical (unpaired) electrons. The largest absolute Gasteiger partial charge is 0.455 e. The lowest BCUT2D eigenvalue weighted by Crippen LogP contribution is -2.31. The number of amides is 1. The molecule has 1 atom stereocenters. The topological polar surface area (TPSA) is 62.6 Å². The third kappa shape index (κ3) is 8.44. The standard InChI is InChI=1S/C24H36N2O3S/c1-4-6-15-26(16-7-5-2)17-9-14-25-24(27)23-13-12-21(29-23)19-30(28)22-11-8-10-20(3)18-22/h8,10-13,18H,4-7,9,14-17,19H2,1-3H3,(H,25,27)/t30-/m0/s1. The Balaban J connectivity index is 1.77. The average Bonchev–Trinajstić information content (AvgIpc) is 3.21. The zero-order valence-corrected chi connectivity index (χ0v) is 19.4. The quantitative estimate of drug-likeness (QED) is 0.431. The maximum absolute atomic E-state index is 12.5. The molecule has 1 heterocycles. The number of nitrogens with one attached hydrogen (secondary N) is 1. The van der Waals surface area contributed by atoms with Gasteiger partial charge in [0.15, 0.2) is 5.76 Å². The summed E-state index contributed by atoms with van der Waals surface area (Å²) in [5.74, 6) is 0.891. The van der Waals surface area contributed by atoms with Crippen LogP contribution in [-0.2, 0) is 16.6 Å². The number of benzene rings is 1. The molecule has 0 aliphatic heterocycles. The van der Waals surface area contributed by atoms with E-state index >= 15 is 0 Å². The summed E-state index contributed by atoms with van der Waals surface area (Å²) in [7, 11) is -1.19. The van der Waals surface area contributed by atoms with E-state index in [1.807, 2.05) is 31.2 Å². The fourth-order valence-electron chi connectivity index (χ4n) is 3.24. The first-order valence-corrected chi connectivity index (χ1v) is 12.4. The SMILES string of the molecule is CCCCN(CCCC)CCCNC(=O)c1ccc(C[S@](=O)c2cccc(C)c2)o1. The molecule has 1 N–H and O–H groups in total. The van der Waals surface area contributed by atoms with E-state index in [-0.39, 0.29) is 17.4 Å². The number of hydrogen-bond acceptors (Lipinski definition) is 4. The Morgan fingerprint density at radius 3 is 2.40 bits per heavy atom. The van der Waals surface area contributed by atoms with E-state index in [0.717, 1.165) is 36.5 Å². The maximum atomic E-state index is 12.5. The van der Waals surface area contributed by atoms with Gasteiger partial charge >= 0.3 is 0 Å². The first-order valence-electron chi connectivity index (χ1n) is 11.1. The Bertz CT molecular complexity index is 795. The van der Waals surface area contributed by atoms with Crippen LogP contribution in [0.5, 0.6) is 0 Å². The van der Waals surface area contributed by atoms with Gasteiger partial charge in [0.25, 0.3) is 5.91 Å². The third-order valence-electron chi connectivity index (χ3n) is 5.00. The zero-order chi connectivity index (χ0) is 21.8. The zero-order valence-electron chi connectivity index (χ0n) is 18.6. The molecule has 6 heteroatoms. The van der Waals surface area contributed by atoms with Crippen LogP contribution < -0.4 is 5.32 Å². The van der Waals surface area contributed by atoms with Crippen molar-refractivity contribution in [1.82, 2.24) is 10.2 Å². The molecule has 1 aromatic heterocycles. The van der Waals surface area contributed by atoms with Crippen LogP contribution in [0.4, 0.5) is 0 Å². The Morgan fingerprint density at radius 1 is 1.03 bits per heavy atom. The third-order valence-corrected chi connectivity index (χ3v) is 6.33. The molecular formula is C24H36N2O3S. The molecular weight excluding hydrogens is 396 g/mol. The van der Waals surface area contributed by atoms with Crippen molar-refractivity contribution < 1.29 is 13.4 Å². The molecule has 166 valence electrons. The smallest absolute Gasteiger partial charge is 0.286 e. The first-order chi connectivity index (χ1) is 14.5. The fraction of sp³-hybridized carbons (Fsp3) is 0.542. The number of hydrogen-bond donors (Lipinski definition) is 1. The van der Waals surface area contributed by atoms with Gasteiger partial charge in [-0.2, -0.15) is 0 Å². The van der Waals surface area contributed by atoms with Gasteiger partial charge < -0.3 is 14.6 Å². The van der Waals surface area contributed by atoms with Crippen molar-refractivity contribution in [1.29, 1.82) is 0 Å². The lowest BCUT2D eigenvalue weighted by molar-refractivity contribution is 0.0922. The molecule has 0 unspecified atom stereocenters. The van der Waals surface area contributed by atoms with Crippen LogP contribution in [0.25, 0.3) is 0 Å². The van der Waals surface area contributed by atoms with E-state index in [1.165, 1.54) is 25.7 Å². The molecule has 0 bridgehead atoms. The van der Waals surface area contributed by atoms with Crippen LogP contribution in [0.2, 0.25) is 0 Å². The van der Waals surface area contributed by atoms with Crippen LogP contribution in [0, 0.1) is 6.92 Å². The molecule has 30 heavy (non-hydrogen) atoms. The lowest BCUT2D eigenvalue weighted by atomic mass is 10.2. The number of carbonyl (C=O) groups excluding carboxylic acids is 1. The summed E-state index contributed by atoms with van der Waals surface area (Å²) in [6.45, 7) is 10.3. The summed E-state index contributed by atoms with van der Waals surface area (Å²) in [6.07, 6.45) is 5.76. The predicted molar refractivity (Wildman–Crippen MR) is 123 cm³/mol. The molecule has 2 aromatic rings. The Kier molecular flexibility index (Phi) is 10.9. The molecule has 2 rings (SSSR count). The highest BCUT2D eigenvalue weighted by Gasteiger charge is 2.14. The van der Waals surface area contributed by atoms with Crippen LogP contribution in [0.3, 0.4) is 0 Å². The number of rotatable bonds is 14. The van der Waals surface area contributed by atoms with E-state index in [0.29, 0.717) is 12.3 Å². The van der Waals surface area contributed by atoms with Gasteiger partial charge in [0.2, 0.25) is 0 Å². The number of carbonyl (C=O) groups is 1. The number of aryl methyl sites for hydroxylation is 1. The summed E-state index contributed by atoms with van der Waals surface area (Å²) < 4.78 is 18.2. The minimum absolute atomic E-state index is 0.212. The van der Waals surface area contributed by atoms with E-state index in [9.17, 15) is 9.00 Å². The molecule has 5 nitrogen and oxygen atoms in total. The summed E-state index contributed by atoms with van der Waals surface area (Å²) in [4.78, 5) is 15.6. The van der Waals surface area contributed by atoms with Gasteiger partial charge in [-0.05, 0) is 75.6 Å². The second kappa shape index (κ2) is 13.4. The highest BCUT2D eigenvalue weighted by atomic mass is 32.2. The average molecular weight is 433 g/mol. The van der Waals surface area contributed by atoms with Crippen LogP contribution in [0.15, 0.2) is 45.7 Å². The highest BCUT2D eigenvalue weighted by molar-refractivity contribution is 7.84. The van der Waals surface area contributed by atoms with Gasteiger partial charge in [-0.3, -0.25) is 9.00 Å². The Hall–Kier alpha value is -1.92. The van der Waals surface area contributed by atoms with Gasteiger partial charge in [0.05, 0.1) is 16.6 Å². The van der Waals surface area contributed by atoms with E-state index in [4.69, 9.17) is 4.42 Å². The highest BCUT2D eigenvalue weighted by Crippen LogP contribution is 2.16. The minimum atomic E-state index is -1.19. The molecule has 0 aliphatic rings. The Morgan fingerprint density at radius 2 is 1.73 bits per heavy atom. The summed E-state index contributed by atoms with van der Waals surface area (Å²) >= 11 is 0. The van der Waals surface area contributed by atoms with Crippen LogP contribution in [-0.4, -0.2) is 41.2 Å². The molecule has 0 saturated carbocycles. The van der Waals surface area contributed by atoms with Crippen molar-refractivity contribution in [2.24, 2.45) is 0 Å². The summed E-state index contributed by atoms with van der Waals surface area (Å²) in [5.41, 5.74) is 1.07. The Labute approximate surface area is 183 Å².